The van der Waals surface area contributed by atoms with E-state index in [0.29, 0.717) is 24.3 Å². The van der Waals surface area contributed by atoms with Gasteiger partial charge in [-0.1, -0.05) is 0 Å². The predicted molar refractivity (Wildman–Crippen MR) is 80.1 cm³/mol. The van der Waals surface area contributed by atoms with Crippen molar-refractivity contribution in [3.63, 3.8) is 0 Å². The Bertz CT molecular complexity index is 477. The summed E-state index contributed by atoms with van der Waals surface area (Å²) in [6.07, 6.45) is 0.975. The third kappa shape index (κ3) is 7.31. The van der Waals surface area contributed by atoms with Gasteiger partial charge in [0, 0.05) is 17.6 Å². The Hall–Kier alpha value is -2.08. The molecule has 0 aliphatic heterocycles. The molecule has 6 nitrogen and oxygen atoms in total. The van der Waals surface area contributed by atoms with E-state index in [4.69, 9.17) is 10.5 Å². The number of hydrogen-bond donors (Lipinski definition) is 2. The number of carbonyl (C=O) groups excluding carboxylic acids is 2. The van der Waals surface area contributed by atoms with Crippen molar-refractivity contribution in [2.45, 2.75) is 32.2 Å². The van der Waals surface area contributed by atoms with Crippen LogP contribution in [0.25, 0.3) is 0 Å². The summed E-state index contributed by atoms with van der Waals surface area (Å²) in [6, 6.07) is 6.76. The highest BCUT2D eigenvalue weighted by molar-refractivity contribution is 5.90. The van der Waals surface area contributed by atoms with Crippen LogP contribution in [0.3, 0.4) is 0 Å². The minimum absolute atomic E-state index is 0.0863. The van der Waals surface area contributed by atoms with Crippen LogP contribution in [0.2, 0.25) is 0 Å². The molecular formula is C15H22N2O4. The second kappa shape index (κ2) is 7.64. The number of carbonyl (C=O) groups is 2. The van der Waals surface area contributed by atoms with E-state index in [1.165, 1.54) is 7.11 Å². The first-order valence-corrected chi connectivity index (χ1v) is 6.68. The normalized spacial score (nSPS) is 10.9. The van der Waals surface area contributed by atoms with Crippen LogP contribution in [-0.4, -0.2) is 31.1 Å². The van der Waals surface area contributed by atoms with E-state index in [2.05, 4.69) is 10.1 Å². The smallest absolute Gasteiger partial charge is 0.343 e. The standard InChI is InChI=1S/C15H22N2O4/c1-15(2,16)9-8-13(18)17-11-4-6-12(7-5-11)21-10-14(19)20-3/h4-7H,8-10,16H2,1-3H3,(H,17,18). The maximum atomic E-state index is 11.7. The highest BCUT2D eigenvalue weighted by Gasteiger charge is 2.13. The molecule has 0 saturated heterocycles. The van der Waals surface area contributed by atoms with E-state index in [1.807, 2.05) is 13.8 Å². The van der Waals surface area contributed by atoms with E-state index < -0.39 is 5.97 Å². The molecule has 0 aliphatic carbocycles. The van der Waals surface area contributed by atoms with Crippen LogP contribution >= 0.6 is 0 Å². The van der Waals surface area contributed by atoms with E-state index in [0.717, 1.165) is 0 Å². The minimum Gasteiger partial charge on any atom is -0.482 e. The molecule has 1 amide bonds. The Kier molecular flexibility index (Phi) is 6.17. The van der Waals surface area contributed by atoms with Crippen molar-refractivity contribution >= 4 is 17.6 Å². The third-order valence-electron chi connectivity index (χ3n) is 2.72. The zero-order chi connectivity index (χ0) is 15.9. The first kappa shape index (κ1) is 17.0. The van der Waals surface area contributed by atoms with Gasteiger partial charge in [-0.15, -0.1) is 0 Å². The Morgan fingerprint density at radius 2 is 1.86 bits per heavy atom. The van der Waals surface area contributed by atoms with Crippen LogP contribution in [0.1, 0.15) is 26.7 Å². The van der Waals surface area contributed by atoms with Crippen molar-refractivity contribution in [1.29, 1.82) is 0 Å². The molecule has 0 spiro atoms. The highest BCUT2D eigenvalue weighted by atomic mass is 16.6. The molecule has 0 bridgehead atoms. The molecule has 1 aromatic carbocycles. The van der Waals surface area contributed by atoms with E-state index in [-0.39, 0.29) is 18.1 Å². The summed E-state index contributed by atoms with van der Waals surface area (Å²) in [5.41, 5.74) is 6.14. The van der Waals surface area contributed by atoms with Crippen LogP contribution in [0.15, 0.2) is 24.3 Å². The second-order valence-corrected chi connectivity index (χ2v) is 5.43. The SMILES string of the molecule is COC(=O)COc1ccc(NC(=O)CCC(C)(C)N)cc1. The molecule has 0 heterocycles. The Morgan fingerprint density at radius 1 is 1.24 bits per heavy atom. The van der Waals surface area contributed by atoms with Gasteiger partial charge >= 0.3 is 5.97 Å². The van der Waals surface area contributed by atoms with Crippen LogP contribution in [0.5, 0.6) is 5.75 Å². The monoisotopic (exact) mass is 294 g/mol. The lowest BCUT2D eigenvalue weighted by atomic mass is 10.00. The van der Waals surface area contributed by atoms with Gasteiger partial charge in [0.1, 0.15) is 5.75 Å². The first-order chi connectivity index (χ1) is 9.80. The number of esters is 1. The predicted octanol–water partition coefficient (Wildman–Crippen LogP) is 1.69. The number of methoxy groups -OCH3 is 1. The number of ether oxygens (including phenoxy) is 2. The molecule has 1 rings (SSSR count). The van der Waals surface area contributed by atoms with Crippen molar-refractivity contribution in [2.24, 2.45) is 5.73 Å². The number of amides is 1. The van der Waals surface area contributed by atoms with Gasteiger partial charge in [-0.05, 0) is 44.5 Å². The highest BCUT2D eigenvalue weighted by Crippen LogP contribution is 2.16. The van der Waals surface area contributed by atoms with Gasteiger partial charge in [-0.3, -0.25) is 4.79 Å². The number of anilines is 1. The van der Waals surface area contributed by atoms with Crippen LogP contribution in [-0.2, 0) is 14.3 Å². The summed E-state index contributed by atoms with van der Waals surface area (Å²) in [6.45, 7) is 3.62. The fourth-order valence-corrected chi connectivity index (χ4v) is 1.49. The molecule has 1 aromatic rings. The maximum Gasteiger partial charge on any atom is 0.343 e. The number of nitrogens with two attached hydrogens (primary N) is 1. The number of hydrogen-bond acceptors (Lipinski definition) is 5. The van der Waals surface area contributed by atoms with Crippen molar-refractivity contribution < 1.29 is 19.1 Å². The largest absolute Gasteiger partial charge is 0.482 e. The Labute approximate surface area is 124 Å². The average Bonchev–Trinajstić information content (AvgIpc) is 2.43. The van der Waals surface area contributed by atoms with Gasteiger partial charge in [0.25, 0.3) is 0 Å². The van der Waals surface area contributed by atoms with E-state index >= 15 is 0 Å². The molecule has 0 unspecified atom stereocenters. The molecule has 0 aliphatic rings. The lowest BCUT2D eigenvalue weighted by molar-refractivity contribution is -0.142. The topological polar surface area (TPSA) is 90.6 Å². The van der Waals surface area contributed by atoms with E-state index in [1.54, 1.807) is 24.3 Å². The van der Waals surface area contributed by atoms with Crippen molar-refractivity contribution in [3.8, 4) is 5.75 Å². The first-order valence-electron chi connectivity index (χ1n) is 6.68. The molecule has 6 heteroatoms. The summed E-state index contributed by atoms with van der Waals surface area (Å²) in [5.74, 6) is -0.00461. The van der Waals surface area contributed by atoms with Crippen molar-refractivity contribution in [3.05, 3.63) is 24.3 Å². The van der Waals surface area contributed by atoms with Crippen LogP contribution in [0.4, 0.5) is 5.69 Å². The third-order valence-corrected chi connectivity index (χ3v) is 2.72. The van der Waals surface area contributed by atoms with Crippen molar-refractivity contribution in [1.82, 2.24) is 0 Å². The van der Waals surface area contributed by atoms with Gasteiger partial charge < -0.3 is 20.5 Å². The minimum atomic E-state index is -0.447. The van der Waals surface area contributed by atoms with Gasteiger partial charge in [0.15, 0.2) is 6.61 Å². The Balaban J connectivity index is 2.43. The van der Waals surface area contributed by atoms with E-state index in [9.17, 15) is 9.59 Å². The molecule has 0 fully saturated rings. The zero-order valence-electron chi connectivity index (χ0n) is 12.6. The lowest BCUT2D eigenvalue weighted by Crippen LogP contribution is -2.33. The summed E-state index contributed by atoms with van der Waals surface area (Å²) in [5, 5.41) is 2.78. The summed E-state index contributed by atoms with van der Waals surface area (Å²) < 4.78 is 9.68. The molecule has 3 N–H and O–H groups in total. The maximum absolute atomic E-state index is 11.7. The molecule has 21 heavy (non-hydrogen) atoms. The Morgan fingerprint density at radius 3 is 2.38 bits per heavy atom. The van der Waals surface area contributed by atoms with Crippen LogP contribution < -0.4 is 15.8 Å². The summed E-state index contributed by atoms with van der Waals surface area (Å²) >= 11 is 0. The number of rotatable bonds is 7. The molecule has 116 valence electrons. The molecule has 0 aromatic heterocycles. The molecule has 0 saturated carbocycles. The zero-order valence-corrected chi connectivity index (χ0v) is 12.6. The molecular weight excluding hydrogens is 272 g/mol. The van der Waals surface area contributed by atoms with Crippen molar-refractivity contribution in [2.75, 3.05) is 19.0 Å². The molecule has 0 radical (unpaired) electrons. The fraction of sp³-hybridized carbons (Fsp3) is 0.467. The number of nitrogens with one attached hydrogen (secondary N) is 1. The summed E-state index contributed by atoms with van der Waals surface area (Å²) in [4.78, 5) is 22.7. The second-order valence-electron chi connectivity index (χ2n) is 5.43. The van der Waals surface area contributed by atoms with Gasteiger partial charge in [-0.2, -0.15) is 0 Å². The molecule has 0 atom stereocenters. The van der Waals surface area contributed by atoms with Gasteiger partial charge in [0.05, 0.1) is 7.11 Å². The fourth-order valence-electron chi connectivity index (χ4n) is 1.49. The quantitative estimate of drug-likeness (QED) is 0.747. The van der Waals surface area contributed by atoms with Gasteiger partial charge in [-0.25, -0.2) is 4.79 Å². The average molecular weight is 294 g/mol. The summed E-state index contributed by atoms with van der Waals surface area (Å²) in [7, 11) is 1.30. The lowest BCUT2D eigenvalue weighted by Gasteiger charge is -2.17. The van der Waals surface area contributed by atoms with Crippen LogP contribution in [0, 0.1) is 0 Å². The van der Waals surface area contributed by atoms with Gasteiger partial charge in [0.2, 0.25) is 5.91 Å². The number of benzene rings is 1.